The second-order valence-corrected chi connectivity index (χ2v) is 2.93. The number of anilines is 1. The molecule has 0 bridgehead atoms. The van der Waals surface area contributed by atoms with E-state index in [9.17, 15) is 0 Å². The van der Waals surface area contributed by atoms with Gasteiger partial charge in [0.15, 0.2) is 0 Å². The zero-order valence-electron chi connectivity index (χ0n) is 7.70. The van der Waals surface area contributed by atoms with Crippen LogP contribution in [0.5, 0.6) is 0 Å². The monoisotopic (exact) mass is 169 g/mol. The molecule has 0 aliphatic heterocycles. The highest BCUT2D eigenvalue weighted by molar-refractivity contribution is 5.25. The normalized spacial score (nSPS) is 13.0. The Hall–Kier alpha value is -1.10. The molecule has 1 aromatic heterocycles. The van der Waals surface area contributed by atoms with Crippen molar-refractivity contribution in [2.45, 2.75) is 19.4 Å². The van der Waals surface area contributed by atoms with E-state index < -0.39 is 0 Å². The topological polar surface area (TPSA) is 70.8 Å². The molecule has 0 radical (unpaired) electrons. The van der Waals surface area contributed by atoms with Crippen LogP contribution in [0.15, 0.2) is 0 Å². The van der Waals surface area contributed by atoms with Crippen LogP contribution in [-0.2, 0) is 0 Å². The summed E-state index contributed by atoms with van der Waals surface area (Å²) in [7, 11) is 3.79. The van der Waals surface area contributed by atoms with Gasteiger partial charge in [-0.05, 0) is 6.42 Å². The number of rotatable bonds is 3. The highest BCUT2D eigenvalue weighted by Crippen LogP contribution is 2.10. The second-order valence-electron chi connectivity index (χ2n) is 2.93. The molecule has 0 spiro atoms. The predicted molar refractivity (Wildman–Crippen MR) is 47.9 cm³/mol. The van der Waals surface area contributed by atoms with Crippen molar-refractivity contribution in [3.63, 3.8) is 0 Å². The van der Waals surface area contributed by atoms with Crippen molar-refractivity contribution >= 4 is 5.95 Å². The lowest BCUT2D eigenvalue weighted by Crippen LogP contribution is -2.12. The van der Waals surface area contributed by atoms with Gasteiger partial charge in [-0.15, -0.1) is 5.10 Å². The van der Waals surface area contributed by atoms with Crippen molar-refractivity contribution < 1.29 is 0 Å². The Morgan fingerprint density at radius 3 is 2.67 bits per heavy atom. The van der Waals surface area contributed by atoms with Gasteiger partial charge in [-0.2, -0.15) is 4.98 Å². The molecule has 0 amide bonds. The van der Waals surface area contributed by atoms with Crippen molar-refractivity contribution in [3.05, 3.63) is 5.82 Å². The van der Waals surface area contributed by atoms with Gasteiger partial charge in [-0.25, -0.2) is 0 Å². The maximum Gasteiger partial charge on any atom is 0.244 e. The first kappa shape index (κ1) is 8.99. The minimum Gasteiger partial charge on any atom is -0.346 e. The quantitative estimate of drug-likeness (QED) is 0.681. The Labute approximate surface area is 72.0 Å². The number of aromatic amines is 1. The Bertz CT molecular complexity index is 242. The zero-order chi connectivity index (χ0) is 9.14. The SMILES string of the molecule is CCC(N)c1nc(N(C)C)n[nH]1. The van der Waals surface area contributed by atoms with Crippen molar-refractivity contribution in [2.75, 3.05) is 19.0 Å². The molecule has 0 saturated carbocycles. The van der Waals surface area contributed by atoms with Crippen molar-refractivity contribution in [3.8, 4) is 0 Å². The van der Waals surface area contributed by atoms with Crippen LogP contribution in [0.3, 0.4) is 0 Å². The molecule has 1 atom stereocenters. The molecule has 0 fully saturated rings. The predicted octanol–water partition coefficient (Wildman–Crippen LogP) is 0.280. The second kappa shape index (κ2) is 3.53. The first-order chi connectivity index (χ1) is 5.65. The molecule has 1 unspecified atom stereocenters. The summed E-state index contributed by atoms with van der Waals surface area (Å²) in [6.07, 6.45) is 0.863. The Morgan fingerprint density at radius 2 is 2.25 bits per heavy atom. The van der Waals surface area contributed by atoms with Gasteiger partial charge in [0.1, 0.15) is 5.82 Å². The van der Waals surface area contributed by atoms with E-state index in [4.69, 9.17) is 5.73 Å². The van der Waals surface area contributed by atoms with Crippen LogP contribution in [0, 0.1) is 0 Å². The summed E-state index contributed by atoms with van der Waals surface area (Å²) in [5, 5.41) is 6.80. The van der Waals surface area contributed by atoms with Crippen LogP contribution in [-0.4, -0.2) is 29.3 Å². The third-order valence-corrected chi connectivity index (χ3v) is 1.68. The lowest BCUT2D eigenvalue weighted by atomic mass is 10.2. The van der Waals surface area contributed by atoms with Gasteiger partial charge in [0.25, 0.3) is 0 Å². The molecular formula is C7H15N5. The number of nitrogens with zero attached hydrogens (tertiary/aromatic N) is 3. The standard InChI is InChI=1S/C7H15N5/c1-4-5(8)6-9-7(11-10-6)12(2)3/h5H,4,8H2,1-3H3,(H,9,10,11). The third-order valence-electron chi connectivity index (χ3n) is 1.68. The van der Waals surface area contributed by atoms with Gasteiger partial charge in [0, 0.05) is 14.1 Å². The average molecular weight is 169 g/mol. The molecule has 1 aromatic rings. The molecule has 1 rings (SSSR count). The third kappa shape index (κ3) is 1.73. The first-order valence-corrected chi connectivity index (χ1v) is 4.00. The Morgan fingerprint density at radius 1 is 1.58 bits per heavy atom. The minimum absolute atomic E-state index is 0.0359. The van der Waals surface area contributed by atoms with E-state index >= 15 is 0 Å². The van der Waals surface area contributed by atoms with E-state index in [1.54, 1.807) is 0 Å². The summed E-state index contributed by atoms with van der Waals surface area (Å²) in [4.78, 5) is 6.05. The molecule has 5 nitrogen and oxygen atoms in total. The average Bonchev–Trinajstić information content (AvgIpc) is 2.51. The first-order valence-electron chi connectivity index (χ1n) is 4.00. The summed E-state index contributed by atoms with van der Waals surface area (Å²) < 4.78 is 0. The van der Waals surface area contributed by atoms with Gasteiger partial charge >= 0.3 is 0 Å². The van der Waals surface area contributed by atoms with E-state index in [1.165, 1.54) is 0 Å². The molecule has 3 N–H and O–H groups in total. The Balaban J connectivity index is 2.77. The highest BCUT2D eigenvalue weighted by Gasteiger charge is 2.09. The lowest BCUT2D eigenvalue weighted by Gasteiger charge is -2.05. The minimum atomic E-state index is -0.0359. The summed E-state index contributed by atoms with van der Waals surface area (Å²) in [5.41, 5.74) is 5.76. The van der Waals surface area contributed by atoms with Gasteiger partial charge in [0.2, 0.25) is 5.95 Å². The fraction of sp³-hybridized carbons (Fsp3) is 0.714. The number of H-pyrrole nitrogens is 1. The van der Waals surface area contributed by atoms with Crippen LogP contribution in [0.4, 0.5) is 5.95 Å². The van der Waals surface area contributed by atoms with E-state index in [0.717, 1.165) is 12.2 Å². The molecule has 0 aliphatic carbocycles. The summed E-state index contributed by atoms with van der Waals surface area (Å²) in [5.74, 6) is 1.43. The fourth-order valence-corrected chi connectivity index (χ4v) is 0.824. The zero-order valence-corrected chi connectivity index (χ0v) is 7.70. The van der Waals surface area contributed by atoms with Gasteiger partial charge in [-0.1, -0.05) is 6.92 Å². The lowest BCUT2D eigenvalue weighted by molar-refractivity contribution is 0.652. The smallest absolute Gasteiger partial charge is 0.244 e. The number of hydrogen-bond donors (Lipinski definition) is 2. The largest absolute Gasteiger partial charge is 0.346 e. The highest BCUT2D eigenvalue weighted by atomic mass is 15.3. The van der Waals surface area contributed by atoms with E-state index in [1.807, 2.05) is 25.9 Å². The van der Waals surface area contributed by atoms with Crippen molar-refractivity contribution in [1.82, 2.24) is 15.2 Å². The van der Waals surface area contributed by atoms with E-state index in [-0.39, 0.29) is 6.04 Å². The van der Waals surface area contributed by atoms with E-state index in [2.05, 4.69) is 15.2 Å². The molecule has 1 heterocycles. The van der Waals surface area contributed by atoms with Gasteiger partial charge in [0.05, 0.1) is 6.04 Å². The van der Waals surface area contributed by atoms with Crippen LogP contribution in [0.2, 0.25) is 0 Å². The fourth-order valence-electron chi connectivity index (χ4n) is 0.824. The number of nitrogens with two attached hydrogens (primary N) is 1. The molecule has 0 aliphatic rings. The maximum atomic E-state index is 5.76. The summed E-state index contributed by atoms with van der Waals surface area (Å²) in [6.45, 7) is 2.02. The van der Waals surface area contributed by atoms with E-state index in [0.29, 0.717) is 5.95 Å². The van der Waals surface area contributed by atoms with Crippen molar-refractivity contribution in [1.29, 1.82) is 0 Å². The molecule has 5 heteroatoms. The van der Waals surface area contributed by atoms with Gasteiger partial charge < -0.3 is 10.6 Å². The molecule has 68 valence electrons. The van der Waals surface area contributed by atoms with Crippen LogP contribution < -0.4 is 10.6 Å². The maximum absolute atomic E-state index is 5.76. The molecule has 0 aromatic carbocycles. The summed E-state index contributed by atoms with van der Waals surface area (Å²) in [6, 6.07) is -0.0359. The molecule has 0 saturated heterocycles. The molecular weight excluding hydrogens is 154 g/mol. The number of hydrogen-bond acceptors (Lipinski definition) is 4. The van der Waals surface area contributed by atoms with Crippen LogP contribution >= 0.6 is 0 Å². The molecule has 12 heavy (non-hydrogen) atoms. The summed E-state index contributed by atoms with van der Waals surface area (Å²) >= 11 is 0. The van der Waals surface area contributed by atoms with Gasteiger partial charge in [-0.3, -0.25) is 5.10 Å². The number of aromatic nitrogens is 3. The van der Waals surface area contributed by atoms with Crippen molar-refractivity contribution in [2.24, 2.45) is 5.73 Å². The number of nitrogens with one attached hydrogen (secondary N) is 1. The Kier molecular flexibility index (Phi) is 2.65. The van der Waals surface area contributed by atoms with Crippen LogP contribution in [0.1, 0.15) is 25.2 Å². The van der Waals surface area contributed by atoms with Crippen LogP contribution in [0.25, 0.3) is 0 Å².